The van der Waals surface area contributed by atoms with Crippen LogP contribution in [-0.4, -0.2) is 43.2 Å². The summed E-state index contributed by atoms with van der Waals surface area (Å²) in [5.74, 6) is -0.0797. The van der Waals surface area contributed by atoms with Crippen LogP contribution in [0, 0.1) is 11.6 Å². The Kier molecular flexibility index (Phi) is 4.90. The maximum Gasteiger partial charge on any atom is 0.149 e. The number of anilines is 1. The first-order chi connectivity index (χ1) is 13.2. The van der Waals surface area contributed by atoms with Crippen molar-refractivity contribution >= 4 is 16.6 Å². The summed E-state index contributed by atoms with van der Waals surface area (Å²) >= 11 is 0. The lowest BCUT2D eigenvalue weighted by Gasteiger charge is -2.36. The minimum atomic E-state index is -0.494. The van der Waals surface area contributed by atoms with Crippen LogP contribution in [0.15, 0.2) is 48.7 Å². The molecule has 4 rings (SSSR count). The fraction of sp³-hybridized carbons (Fsp3) is 0.286. The molecule has 1 aliphatic heterocycles. The highest BCUT2D eigenvalue weighted by atomic mass is 19.1. The van der Waals surface area contributed by atoms with Crippen molar-refractivity contribution in [3.05, 3.63) is 65.9 Å². The van der Waals surface area contributed by atoms with E-state index in [1.807, 2.05) is 12.1 Å². The molecule has 0 amide bonds. The van der Waals surface area contributed by atoms with E-state index in [0.717, 1.165) is 44.5 Å². The summed E-state index contributed by atoms with van der Waals surface area (Å²) in [5.41, 5.74) is 2.03. The molecule has 140 valence electrons. The third kappa shape index (κ3) is 3.57. The van der Waals surface area contributed by atoms with E-state index in [9.17, 15) is 8.78 Å². The molecule has 0 bridgehead atoms. The van der Waals surface area contributed by atoms with Gasteiger partial charge < -0.3 is 9.64 Å². The van der Waals surface area contributed by atoms with Crippen LogP contribution in [0.3, 0.4) is 0 Å². The topological polar surface area (TPSA) is 28.6 Å². The Hall–Kier alpha value is -2.73. The molecule has 4 nitrogen and oxygen atoms in total. The number of piperazine rings is 1. The monoisotopic (exact) mass is 369 g/mol. The smallest absolute Gasteiger partial charge is 0.149 e. The van der Waals surface area contributed by atoms with Gasteiger partial charge in [0, 0.05) is 38.9 Å². The fourth-order valence-electron chi connectivity index (χ4n) is 3.58. The van der Waals surface area contributed by atoms with E-state index >= 15 is 0 Å². The van der Waals surface area contributed by atoms with Crippen LogP contribution in [0.1, 0.15) is 5.56 Å². The van der Waals surface area contributed by atoms with Gasteiger partial charge in [0.1, 0.15) is 22.9 Å². The lowest BCUT2D eigenvalue weighted by atomic mass is 10.1. The predicted octanol–water partition coefficient (Wildman–Crippen LogP) is 3.84. The molecule has 0 radical (unpaired) electrons. The Morgan fingerprint density at radius 1 is 0.926 bits per heavy atom. The lowest BCUT2D eigenvalue weighted by Crippen LogP contribution is -2.46. The predicted molar refractivity (Wildman–Crippen MR) is 102 cm³/mol. The quantitative estimate of drug-likeness (QED) is 0.699. The number of hydrogen-bond acceptors (Lipinski definition) is 4. The maximum absolute atomic E-state index is 14.4. The van der Waals surface area contributed by atoms with Crippen LogP contribution < -0.4 is 9.64 Å². The Morgan fingerprint density at radius 3 is 2.33 bits per heavy atom. The molecule has 0 atom stereocenters. The molecule has 2 aromatic carbocycles. The molecule has 0 unspecified atom stereocenters. The SMILES string of the molecule is COc1ccc(CN2CCN(c3ccnc4c(F)ccc(F)c34)CC2)cc1. The summed E-state index contributed by atoms with van der Waals surface area (Å²) in [5, 5.41) is 0.265. The van der Waals surface area contributed by atoms with Gasteiger partial charge in [-0.2, -0.15) is 0 Å². The van der Waals surface area contributed by atoms with Crippen molar-refractivity contribution in [1.82, 2.24) is 9.88 Å². The van der Waals surface area contributed by atoms with Crippen molar-refractivity contribution in [3.63, 3.8) is 0 Å². The molecule has 6 heteroatoms. The second-order valence-corrected chi connectivity index (χ2v) is 6.69. The molecular weight excluding hydrogens is 348 g/mol. The Morgan fingerprint density at radius 2 is 1.63 bits per heavy atom. The molecule has 27 heavy (non-hydrogen) atoms. The molecule has 1 fully saturated rings. The summed E-state index contributed by atoms with van der Waals surface area (Å²) in [4.78, 5) is 8.49. The average Bonchev–Trinajstić information content (AvgIpc) is 2.72. The largest absolute Gasteiger partial charge is 0.497 e. The van der Waals surface area contributed by atoms with Crippen molar-refractivity contribution in [2.45, 2.75) is 6.54 Å². The molecule has 0 N–H and O–H groups in total. The van der Waals surface area contributed by atoms with E-state index in [1.165, 1.54) is 11.6 Å². The number of halogens is 2. The number of methoxy groups -OCH3 is 1. The minimum absolute atomic E-state index is 0.0909. The molecule has 2 heterocycles. The normalized spacial score (nSPS) is 15.3. The average molecular weight is 369 g/mol. The Labute approximate surface area is 157 Å². The van der Waals surface area contributed by atoms with Gasteiger partial charge in [-0.05, 0) is 35.9 Å². The standard InChI is InChI=1S/C21H21F2N3O/c1-27-16-4-2-15(3-5-16)14-25-10-12-26(13-11-25)19-8-9-24-21-18(23)7-6-17(22)20(19)21/h2-9H,10-14H2,1H3. The maximum atomic E-state index is 14.4. The molecule has 1 saturated heterocycles. The number of fused-ring (bicyclic) bond motifs is 1. The van der Waals surface area contributed by atoms with Gasteiger partial charge in [-0.15, -0.1) is 0 Å². The fourth-order valence-corrected chi connectivity index (χ4v) is 3.58. The molecule has 1 aromatic heterocycles. The van der Waals surface area contributed by atoms with Crippen LogP contribution in [0.2, 0.25) is 0 Å². The van der Waals surface area contributed by atoms with E-state index in [2.05, 4.69) is 26.9 Å². The molecule has 1 aliphatic rings. The van der Waals surface area contributed by atoms with E-state index in [-0.39, 0.29) is 10.9 Å². The highest BCUT2D eigenvalue weighted by Gasteiger charge is 2.21. The van der Waals surface area contributed by atoms with E-state index in [4.69, 9.17) is 4.74 Å². The minimum Gasteiger partial charge on any atom is -0.497 e. The zero-order chi connectivity index (χ0) is 18.8. The number of benzene rings is 2. The van der Waals surface area contributed by atoms with Crippen LogP contribution in [0.25, 0.3) is 10.9 Å². The summed E-state index contributed by atoms with van der Waals surface area (Å²) in [6.45, 7) is 4.08. The van der Waals surface area contributed by atoms with Crippen LogP contribution in [-0.2, 0) is 6.54 Å². The van der Waals surface area contributed by atoms with Crippen LogP contribution in [0.5, 0.6) is 5.75 Å². The summed E-state index contributed by atoms with van der Waals surface area (Å²) in [7, 11) is 1.66. The first kappa shape index (κ1) is 17.7. The molecule has 3 aromatic rings. The highest BCUT2D eigenvalue weighted by Crippen LogP contribution is 2.30. The molecule has 0 spiro atoms. The van der Waals surface area contributed by atoms with Gasteiger partial charge in [-0.25, -0.2) is 8.78 Å². The molecule has 0 aliphatic carbocycles. The van der Waals surface area contributed by atoms with Gasteiger partial charge in [-0.1, -0.05) is 12.1 Å². The van der Waals surface area contributed by atoms with Crippen molar-refractivity contribution in [2.24, 2.45) is 0 Å². The first-order valence-electron chi connectivity index (χ1n) is 8.98. The van der Waals surface area contributed by atoms with Gasteiger partial charge in [0.15, 0.2) is 0 Å². The zero-order valence-corrected chi connectivity index (χ0v) is 15.2. The number of nitrogens with zero attached hydrogens (tertiary/aromatic N) is 3. The van der Waals surface area contributed by atoms with Gasteiger partial charge >= 0.3 is 0 Å². The second-order valence-electron chi connectivity index (χ2n) is 6.69. The van der Waals surface area contributed by atoms with Gasteiger partial charge in [0.25, 0.3) is 0 Å². The summed E-state index contributed by atoms with van der Waals surface area (Å²) < 4.78 is 33.6. The zero-order valence-electron chi connectivity index (χ0n) is 15.2. The Bertz CT molecular complexity index is 938. The third-order valence-electron chi connectivity index (χ3n) is 5.05. The number of pyridine rings is 1. The van der Waals surface area contributed by atoms with Crippen LogP contribution in [0.4, 0.5) is 14.5 Å². The number of rotatable bonds is 4. The lowest BCUT2D eigenvalue weighted by molar-refractivity contribution is 0.250. The molecular formula is C21H21F2N3O. The second kappa shape index (κ2) is 7.48. The van der Waals surface area contributed by atoms with Crippen molar-refractivity contribution in [2.75, 3.05) is 38.2 Å². The van der Waals surface area contributed by atoms with Gasteiger partial charge in [-0.3, -0.25) is 9.88 Å². The molecule has 0 saturated carbocycles. The van der Waals surface area contributed by atoms with E-state index in [0.29, 0.717) is 5.69 Å². The van der Waals surface area contributed by atoms with Crippen LogP contribution >= 0.6 is 0 Å². The van der Waals surface area contributed by atoms with Gasteiger partial charge in [0.05, 0.1) is 18.2 Å². The van der Waals surface area contributed by atoms with Crippen molar-refractivity contribution in [1.29, 1.82) is 0 Å². The summed E-state index contributed by atoms with van der Waals surface area (Å²) in [6, 6.07) is 12.1. The highest BCUT2D eigenvalue weighted by molar-refractivity contribution is 5.92. The summed E-state index contributed by atoms with van der Waals surface area (Å²) in [6.07, 6.45) is 1.55. The number of ether oxygens (including phenoxy) is 1. The van der Waals surface area contributed by atoms with Gasteiger partial charge in [0.2, 0.25) is 0 Å². The Balaban J connectivity index is 1.48. The van der Waals surface area contributed by atoms with E-state index < -0.39 is 11.6 Å². The first-order valence-corrected chi connectivity index (χ1v) is 8.98. The van der Waals surface area contributed by atoms with Crippen molar-refractivity contribution in [3.8, 4) is 5.75 Å². The van der Waals surface area contributed by atoms with Crippen molar-refractivity contribution < 1.29 is 13.5 Å². The number of hydrogen-bond donors (Lipinski definition) is 0. The third-order valence-corrected chi connectivity index (χ3v) is 5.05. The number of aromatic nitrogens is 1. The van der Waals surface area contributed by atoms with E-state index in [1.54, 1.807) is 19.4 Å².